The lowest BCUT2D eigenvalue weighted by atomic mass is 9.98. The van der Waals surface area contributed by atoms with Crippen LogP contribution in [0, 0.1) is 0 Å². The van der Waals surface area contributed by atoms with Gasteiger partial charge in [0, 0.05) is 0 Å². The van der Waals surface area contributed by atoms with Gasteiger partial charge in [0.05, 0.1) is 23.2 Å². The summed E-state index contributed by atoms with van der Waals surface area (Å²) < 4.78 is 6.04. The highest BCUT2D eigenvalue weighted by Gasteiger charge is 2.15. The van der Waals surface area contributed by atoms with Gasteiger partial charge in [0.25, 0.3) is 0 Å². The van der Waals surface area contributed by atoms with Gasteiger partial charge in [0.2, 0.25) is 0 Å². The molecule has 0 radical (unpaired) electrons. The Balaban J connectivity index is 2.14. The third-order valence-electron chi connectivity index (χ3n) is 2.31. The van der Waals surface area contributed by atoms with Crippen molar-refractivity contribution in [2.75, 3.05) is 6.61 Å². The zero-order valence-electron chi connectivity index (χ0n) is 7.70. The van der Waals surface area contributed by atoms with E-state index in [9.17, 15) is 0 Å². The molecule has 2 rings (SSSR count). The maximum Gasteiger partial charge on any atom is 0.0931 e. The highest BCUT2D eigenvalue weighted by molar-refractivity contribution is 7.14. The molecule has 0 saturated carbocycles. The van der Waals surface area contributed by atoms with Gasteiger partial charge in [0.15, 0.2) is 0 Å². The van der Waals surface area contributed by atoms with Crippen LogP contribution in [0.1, 0.15) is 24.4 Å². The van der Waals surface area contributed by atoms with E-state index in [1.165, 1.54) is 11.3 Å². The van der Waals surface area contributed by atoms with Crippen LogP contribution in [0.5, 0.6) is 0 Å². The molecule has 1 aliphatic heterocycles. The van der Waals surface area contributed by atoms with Crippen LogP contribution in [-0.4, -0.2) is 6.61 Å². The molecular formula is C10H12ClNOS. The summed E-state index contributed by atoms with van der Waals surface area (Å²) in [5, 5.41) is 2.00. The van der Waals surface area contributed by atoms with Gasteiger partial charge < -0.3 is 10.5 Å². The van der Waals surface area contributed by atoms with E-state index in [0.29, 0.717) is 0 Å². The molecule has 1 unspecified atom stereocenters. The fourth-order valence-electron chi connectivity index (χ4n) is 1.51. The van der Waals surface area contributed by atoms with Crippen molar-refractivity contribution in [3.63, 3.8) is 0 Å². The normalized spacial score (nSPS) is 18.6. The van der Waals surface area contributed by atoms with Crippen molar-refractivity contribution in [2.45, 2.75) is 18.9 Å². The molecule has 1 aliphatic rings. The quantitative estimate of drug-likeness (QED) is 0.846. The van der Waals surface area contributed by atoms with Crippen molar-refractivity contribution in [2.24, 2.45) is 5.73 Å². The van der Waals surface area contributed by atoms with Crippen molar-refractivity contribution >= 4 is 22.9 Å². The van der Waals surface area contributed by atoms with Crippen LogP contribution in [0.25, 0.3) is 0 Å². The average Bonchev–Trinajstić information content (AvgIpc) is 2.65. The molecule has 2 N–H and O–H groups in total. The number of rotatable bonds is 2. The Morgan fingerprint density at radius 1 is 1.57 bits per heavy atom. The molecule has 0 aromatic carbocycles. The van der Waals surface area contributed by atoms with Crippen LogP contribution < -0.4 is 5.73 Å². The van der Waals surface area contributed by atoms with Gasteiger partial charge in [-0.3, -0.25) is 0 Å². The van der Waals surface area contributed by atoms with Crippen molar-refractivity contribution in [3.8, 4) is 0 Å². The third kappa shape index (κ3) is 2.11. The van der Waals surface area contributed by atoms with Gasteiger partial charge in [-0.05, 0) is 35.4 Å². The predicted octanol–water partition coefficient (Wildman–Crippen LogP) is 3.10. The van der Waals surface area contributed by atoms with E-state index in [-0.39, 0.29) is 6.04 Å². The molecule has 0 aliphatic carbocycles. The Kier molecular flexibility index (Phi) is 3.11. The zero-order chi connectivity index (χ0) is 9.97. The molecule has 4 heteroatoms. The molecule has 1 aromatic heterocycles. The Morgan fingerprint density at radius 2 is 2.43 bits per heavy atom. The second-order valence-corrected chi connectivity index (χ2v) is 4.87. The Bertz CT molecular complexity index is 348. The summed E-state index contributed by atoms with van der Waals surface area (Å²) in [7, 11) is 0. The standard InChI is InChI=1S/C10H12ClNOS/c11-9-4-8(6-14-9)10(12)7-2-1-3-13-5-7/h4-6,10H,1-3,12H2. The van der Waals surface area contributed by atoms with Crippen molar-refractivity contribution in [3.05, 3.63) is 33.2 Å². The first-order valence-electron chi connectivity index (χ1n) is 4.57. The van der Waals surface area contributed by atoms with Gasteiger partial charge in [0.1, 0.15) is 0 Å². The van der Waals surface area contributed by atoms with Crippen LogP contribution in [0.2, 0.25) is 4.34 Å². The molecule has 1 aromatic rings. The van der Waals surface area contributed by atoms with E-state index >= 15 is 0 Å². The van der Waals surface area contributed by atoms with Crippen LogP contribution >= 0.6 is 22.9 Å². The smallest absolute Gasteiger partial charge is 0.0931 e. The lowest BCUT2D eigenvalue weighted by molar-refractivity contribution is 0.221. The van der Waals surface area contributed by atoms with Crippen LogP contribution in [0.3, 0.4) is 0 Å². The van der Waals surface area contributed by atoms with Crippen molar-refractivity contribution in [1.82, 2.24) is 0 Å². The predicted molar refractivity (Wildman–Crippen MR) is 59.5 cm³/mol. The third-order valence-corrected chi connectivity index (χ3v) is 3.42. The van der Waals surface area contributed by atoms with Gasteiger partial charge in [-0.15, -0.1) is 11.3 Å². The van der Waals surface area contributed by atoms with Crippen LogP contribution in [0.4, 0.5) is 0 Å². The largest absolute Gasteiger partial charge is 0.501 e. The van der Waals surface area contributed by atoms with E-state index in [1.807, 2.05) is 11.4 Å². The summed E-state index contributed by atoms with van der Waals surface area (Å²) in [4.78, 5) is 0. The van der Waals surface area contributed by atoms with Gasteiger partial charge in [-0.25, -0.2) is 0 Å². The van der Waals surface area contributed by atoms with Crippen molar-refractivity contribution < 1.29 is 4.74 Å². The minimum Gasteiger partial charge on any atom is -0.501 e. The zero-order valence-corrected chi connectivity index (χ0v) is 9.27. The summed E-state index contributed by atoms with van der Waals surface area (Å²) in [6.07, 6.45) is 3.87. The number of nitrogens with two attached hydrogens (primary N) is 1. The Labute approximate surface area is 92.3 Å². The Morgan fingerprint density at radius 3 is 3.00 bits per heavy atom. The summed E-state index contributed by atoms with van der Waals surface area (Å²) >= 11 is 7.37. The molecule has 0 fully saturated rings. The molecule has 0 saturated heterocycles. The maximum atomic E-state index is 6.08. The SMILES string of the molecule is NC(C1=COCCC1)c1csc(Cl)c1. The first kappa shape index (κ1) is 10.0. The molecule has 2 nitrogen and oxygen atoms in total. The minimum absolute atomic E-state index is 0.0564. The first-order chi connectivity index (χ1) is 6.77. The lowest BCUT2D eigenvalue weighted by Gasteiger charge is -2.18. The molecule has 2 heterocycles. The molecule has 0 amide bonds. The lowest BCUT2D eigenvalue weighted by Crippen LogP contribution is -2.15. The second kappa shape index (κ2) is 4.34. The van der Waals surface area contributed by atoms with Crippen LogP contribution in [-0.2, 0) is 4.74 Å². The van der Waals surface area contributed by atoms with Gasteiger partial charge >= 0.3 is 0 Å². The fourth-order valence-corrected chi connectivity index (χ4v) is 2.44. The van der Waals surface area contributed by atoms with Crippen molar-refractivity contribution in [1.29, 1.82) is 0 Å². The van der Waals surface area contributed by atoms with E-state index < -0.39 is 0 Å². The molecule has 76 valence electrons. The van der Waals surface area contributed by atoms with E-state index in [0.717, 1.165) is 34.9 Å². The fraction of sp³-hybridized carbons (Fsp3) is 0.400. The van der Waals surface area contributed by atoms with E-state index in [4.69, 9.17) is 22.1 Å². The molecule has 0 bridgehead atoms. The topological polar surface area (TPSA) is 35.2 Å². The number of ether oxygens (including phenoxy) is 1. The summed E-state index contributed by atoms with van der Waals surface area (Å²) in [6, 6.07) is 1.87. The highest BCUT2D eigenvalue weighted by Crippen LogP contribution is 2.30. The van der Waals surface area contributed by atoms with E-state index in [2.05, 4.69) is 0 Å². The van der Waals surface area contributed by atoms with E-state index in [1.54, 1.807) is 6.26 Å². The second-order valence-electron chi connectivity index (χ2n) is 3.33. The maximum absolute atomic E-state index is 6.08. The molecule has 14 heavy (non-hydrogen) atoms. The first-order valence-corrected chi connectivity index (χ1v) is 5.83. The number of thiophene rings is 1. The summed E-state index contributed by atoms with van der Waals surface area (Å²) in [5.41, 5.74) is 8.32. The molecule has 0 spiro atoms. The average molecular weight is 230 g/mol. The van der Waals surface area contributed by atoms with Crippen LogP contribution in [0.15, 0.2) is 23.3 Å². The number of hydrogen-bond donors (Lipinski definition) is 1. The minimum atomic E-state index is -0.0564. The number of halogens is 1. The molecular weight excluding hydrogens is 218 g/mol. The molecule has 1 atom stereocenters. The van der Waals surface area contributed by atoms with Gasteiger partial charge in [-0.1, -0.05) is 11.6 Å². The summed E-state index contributed by atoms with van der Waals surface area (Å²) in [5.74, 6) is 0. The monoisotopic (exact) mass is 229 g/mol. The number of hydrogen-bond acceptors (Lipinski definition) is 3. The summed E-state index contributed by atoms with van der Waals surface area (Å²) in [6.45, 7) is 0.806. The Hall–Kier alpha value is -0.510. The van der Waals surface area contributed by atoms with Gasteiger partial charge in [-0.2, -0.15) is 0 Å². The highest BCUT2D eigenvalue weighted by atomic mass is 35.5.